The lowest BCUT2D eigenvalue weighted by Crippen LogP contribution is -2.15. The van der Waals surface area contributed by atoms with Crippen LogP contribution in [-0.4, -0.2) is 26.8 Å². The molecule has 0 saturated heterocycles. The number of carbonyl (C=O) groups is 2. The van der Waals surface area contributed by atoms with E-state index in [1.54, 1.807) is 16.8 Å². The number of anilines is 2. The normalized spacial score (nSPS) is 15.2. The Bertz CT molecular complexity index is 1100. The largest absolute Gasteiger partial charge is 0.326 e. The predicted molar refractivity (Wildman–Crippen MR) is 105 cm³/mol. The zero-order valence-corrected chi connectivity index (χ0v) is 15.4. The first-order valence-corrected chi connectivity index (χ1v) is 9.35. The predicted octanol–water partition coefficient (Wildman–Crippen LogP) is 3.20. The van der Waals surface area contributed by atoms with Gasteiger partial charge < -0.3 is 10.6 Å². The van der Waals surface area contributed by atoms with Crippen LogP contribution >= 0.6 is 0 Å². The van der Waals surface area contributed by atoms with Crippen LogP contribution in [0.3, 0.4) is 0 Å². The molecule has 1 aliphatic heterocycles. The van der Waals surface area contributed by atoms with E-state index in [0.717, 1.165) is 35.5 Å². The Labute approximate surface area is 161 Å². The topological polar surface area (TPSA) is 88.9 Å². The molecule has 3 aromatic rings. The summed E-state index contributed by atoms with van der Waals surface area (Å²) in [4.78, 5) is 24.4. The van der Waals surface area contributed by atoms with Gasteiger partial charge in [-0.15, -0.1) is 5.10 Å². The molecule has 1 fully saturated rings. The maximum Gasteiger partial charge on any atom is 0.278 e. The monoisotopic (exact) mass is 373 g/mol. The van der Waals surface area contributed by atoms with Crippen molar-refractivity contribution in [1.29, 1.82) is 0 Å². The van der Waals surface area contributed by atoms with E-state index in [4.69, 9.17) is 0 Å². The second-order valence-electron chi connectivity index (χ2n) is 7.40. The van der Waals surface area contributed by atoms with Crippen LogP contribution in [-0.2, 0) is 11.2 Å². The van der Waals surface area contributed by atoms with E-state index in [2.05, 4.69) is 20.9 Å². The molecular formula is C21H19N5O2. The molecule has 7 heteroatoms. The summed E-state index contributed by atoms with van der Waals surface area (Å²) in [5, 5.41) is 14.1. The molecule has 1 saturated carbocycles. The smallest absolute Gasteiger partial charge is 0.278 e. The maximum absolute atomic E-state index is 12.9. The van der Waals surface area contributed by atoms with Gasteiger partial charge in [0.25, 0.3) is 5.91 Å². The van der Waals surface area contributed by atoms with Crippen molar-refractivity contribution in [3.05, 3.63) is 65.0 Å². The van der Waals surface area contributed by atoms with E-state index >= 15 is 0 Å². The summed E-state index contributed by atoms with van der Waals surface area (Å²) < 4.78 is 1.78. The molecule has 2 aliphatic rings. The van der Waals surface area contributed by atoms with Crippen LogP contribution in [0.15, 0.2) is 42.5 Å². The van der Waals surface area contributed by atoms with E-state index in [0.29, 0.717) is 23.7 Å². The lowest BCUT2D eigenvalue weighted by atomic mass is 10.1. The SMILES string of the molecule is Cc1ccc(-n2nnc(C(=O)Nc3ccc4c(c3)CC(=O)N4)c2C2CC2)cc1. The third-order valence-electron chi connectivity index (χ3n) is 5.15. The van der Waals surface area contributed by atoms with Crippen LogP contribution in [0.2, 0.25) is 0 Å². The Morgan fingerprint density at radius 3 is 2.71 bits per heavy atom. The summed E-state index contributed by atoms with van der Waals surface area (Å²) in [6, 6.07) is 13.4. The number of aryl methyl sites for hydroxylation is 1. The highest BCUT2D eigenvalue weighted by Crippen LogP contribution is 2.42. The zero-order chi connectivity index (χ0) is 19.3. The highest BCUT2D eigenvalue weighted by Gasteiger charge is 2.34. The number of carbonyl (C=O) groups excluding carboxylic acids is 2. The van der Waals surface area contributed by atoms with Crippen molar-refractivity contribution in [2.75, 3.05) is 10.6 Å². The molecule has 0 radical (unpaired) electrons. The highest BCUT2D eigenvalue weighted by molar-refractivity contribution is 6.05. The molecule has 28 heavy (non-hydrogen) atoms. The average Bonchev–Trinajstić information content (AvgIpc) is 3.30. The summed E-state index contributed by atoms with van der Waals surface area (Å²) in [6.45, 7) is 2.03. The number of amides is 2. The number of benzene rings is 2. The second kappa shape index (κ2) is 6.30. The van der Waals surface area contributed by atoms with E-state index in [9.17, 15) is 9.59 Å². The van der Waals surface area contributed by atoms with Gasteiger partial charge in [-0.1, -0.05) is 22.9 Å². The number of nitrogens with zero attached hydrogens (tertiary/aromatic N) is 3. The Morgan fingerprint density at radius 2 is 1.96 bits per heavy atom. The molecular weight excluding hydrogens is 354 g/mol. The van der Waals surface area contributed by atoms with Gasteiger partial charge in [0.15, 0.2) is 5.69 Å². The van der Waals surface area contributed by atoms with Gasteiger partial charge in [-0.3, -0.25) is 9.59 Å². The fourth-order valence-corrected chi connectivity index (χ4v) is 3.55. The van der Waals surface area contributed by atoms with Crippen LogP contribution in [0.4, 0.5) is 11.4 Å². The number of hydrogen-bond acceptors (Lipinski definition) is 4. The van der Waals surface area contributed by atoms with Crippen molar-refractivity contribution in [3.63, 3.8) is 0 Å². The van der Waals surface area contributed by atoms with Crippen molar-refractivity contribution in [3.8, 4) is 5.69 Å². The first-order valence-electron chi connectivity index (χ1n) is 9.35. The van der Waals surface area contributed by atoms with E-state index in [1.165, 1.54) is 5.56 Å². The molecule has 140 valence electrons. The van der Waals surface area contributed by atoms with E-state index < -0.39 is 0 Å². The first kappa shape index (κ1) is 16.7. The van der Waals surface area contributed by atoms with E-state index in [-0.39, 0.29) is 11.8 Å². The third kappa shape index (κ3) is 2.94. The summed E-state index contributed by atoms with van der Waals surface area (Å²) in [6.07, 6.45) is 2.40. The van der Waals surface area contributed by atoms with Crippen LogP contribution < -0.4 is 10.6 Å². The number of hydrogen-bond donors (Lipinski definition) is 2. The van der Waals surface area contributed by atoms with Crippen molar-refractivity contribution >= 4 is 23.2 Å². The molecule has 0 bridgehead atoms. The molecule has 2 amide bonds. The standard InChI is InChI=1S/C21H19N5O2/c1-12-2-7-16(8-3-12)26-20(13-4-5-13)19(24-25-26)21(28)22-15-6-9-17-14(10-15)11-18(27)23-17/h2-3,6-10,13H,4-5,11H2,1H3,(H,22,28)(H,23,27). The lowest BCUT2D eigenvalue weighted by molar-refractivity contribution is -0.115. The molecule has 2 aromatic carbocycles. The van der Waals surface area contributed by atoms with Crippen molar-refractivity contribution < 1.29 is 9.59 Å². The Morgan fingerprint density at radius 1 is 1.18 bits per heavy atom. The van der Waals surface area contributed by atoms with Crippen LogP contribution in [0.25, 0.3) is 5.69 Å². The summed E-state index contributed by atoms with van der Waals surface area (Å²) in [7, 11) is 0. The van der Waals surface area contributed by atoms with E-state index in [1.807, 2.05) is 37.3 Å². The fourth-order valence-electron chi connectivity index (χ4n) is 3.55. The van der Waals surface area contributed by atoms with Crippen LogP contribution in [0.5, 0.6) is 0 Å². The fraction of sp³-hybridized carbons (Fsp3) is 0.238. The summed E-state index contributed by atoms with van der Waals surface area (Å²) >= 11 is 0. The van der Waals surface area contributed by atoms with Gasteiger partial charge in [0.1, 0.15) is 0 Å². The number of nitrogens with one attached hydrogen (secondary N) is 2. The molecule has 5 rings (SSSR count). The molecule has 0 unspecified atom stereocenters. The second-order valence-corrected chi connectivity index (χ2v) is 7.40. The minimum Gasteiger partial charge on any atom is -0.326 e. The minimum atomic E-state index is -0.280. The highest BCUT2D eigenvalue weighted by atomic mass is 16.2. The third-order valence-corrected chi connectivity index (χ3v) is 5.15. The molecule has 1 aromatic heterocycles. The van der Waals surface area contributed by atoms with Crippen molar-refractivity contribution in [2.45, 2.75) is 32.1 Å². The van der Waals surface area contributed by atoms with Crippen LogP contribution in [0, 0.1) is 6.92 Å². The quantitative estimate of drug-likeness (QED) is 0.735. The Kier molecular flexibility index (Phi) is 3.75. The molecule has 7 nitrogen and oxygen atoms in total. The molecule has 0 spiro atoms. The number of aromatic nitrogens is 3. The van der Waals surface area contributed by atoms with Gasteiger partial charge in [0, 0.05) is 17.3 Å². The van der Waals surface area contributed by atoms with Gasteiger partial charge in [-0.05, 0) is 55.7 Å². The number of fused-ring (bicyclic) bond motifs is 1. The molecule has 1 aliphatic carbocycles. The van der Waals surface area contributed by atoms with Crippen LogP contribution in [0.1, 0.15) is 46.1 Å². The Balaban J connectivity index is 1.45. The van der Waals surface area contributed by atoms with Gasteiger partial charge in [0.2, 0.25) is 5.91 Å². The first-order chi connectivity index (χ1) is 13.6. The average molecular weight is 373 g/mol. The molecule has 0 atom stereocenters. The Hall–Kier alpha value is -3.48. The minimum absolute atomic E-state index is 0.0319. The summed E-state index contributed by atoms with van der Waals surface area (Å²) in [5.74, 6) is -0.00748. The van der Waals surface area contributed by atoms with Crippen molar-refractivity contribution in [2.24, 2.45) is 0 Å². The maximum atomic E-state index is 12.9. The van der Waals surface area contributed by atoms with Gasteiger partial charge in [0.05, 0.1) is 17.8 Å². The van der Waals surface area contributed by atoms with Gasteiger partial charge in [-0.2, -0.15) is 0 Å². The van der Waals surface area contributed by atoms with Gasteiger partial charge in [-0.25, -0.2) is 4.68 Å². The number of rotatable bonds is 4. The summed E-state index contributed by atoms with van der Waals surface area (Å²) in [5.41, 5.74) is 5.62. The lowest BCUT2D eigenvalue weighted by Gasteiger charge is -2.09. The van der Waals surface area contributed by atoms with Crippen molar-refractivity contribution in [1.82, 2.24) is 15.0 Å². The molecule has 2 N–H and O–H groups in total. The molecule has 2 heterocycles. The van der Waals surface area contributed by atoms with Gasteiger partial charge >= 0.3 is 0 Å². The zero-order valence-electron chi connectivity index (χ0n) is 15.4.